The van der Waals surface area contributed by atoms with Crippen molar-refractivity contribution in [2.75, 3.05) is 0 Å². The van der Waals surface area contributed by atoms with Crippen LogP contribution in [-0.4, -0.2) is 10.7 Å². The first-order valence-corrected chi connectivity index (χ1v) is 7.65. The van der Waals surface area contributed by atoms with Gasteiger partial charge in [-0.15, -0.1) is 11.8 Å². The molecular weight excluding hydrogens is 252 g/mol. The number of rotatable bonds is 4. The highest BCUT2D eigenvalue weighted by Gasteiger charge is 2.43. The minimum absolute atomic E-state index is 0.129. The van der Waals surface area contributed by atoms with Gasteiger partial charge in [-0.05, 0) is 37.0 Å². The number of aliphatic hydroxyl groups is 1. The Labute approximate surface area is 118 Å². The molecule has 2 heteroatoms. The smallest absolute Gasteiger partial charge is 0.0810 e. The Morgan fingerprint density at radius 1 is 0.895 bits per heavy atom. The molecule has 1 nitrogen and oxygen atoms in total. The summed E-state index contributed by atoms with van der Waals surface area (Å²) in [4.78, 5) is 1.22. The molecule has 1 N–H and O–H groups in total. The highest BCUT2D eigenvalue weighted by atomic mass is 32.2. The monoisotopic (exact) mass is 270 g/mol. The van der Waals surface area contributed by atoms with Gasteiger partial charge in [0.2, 0.25) is 0 Å². The number of hydrogen-bond donors (Lipinski definition) is 1. The van der Waals surface area contributed by atoms with E-state index >= 15 is 0 Å². The maximum absolute atomic E-state index is 10.8. The molecule has 1 aliphatic carbocycles. The van der Waals surface area contributed by atoms with Gasteiger partial charge in [0.05, 0.1) is 10.9 Å². The van der Waals surface area contributed by atoms with Gasteiger partial charge in [0.25, 0.3) is 0 Å². The second-order valence-electron chi connectivity index (χ2n) is 5.18. The van der Waals surface area contributed by atoms with Gasteiger partial charge in [-0.25, -0.2) is 0 Å². The van der Waals surface area contributed by atoms with Crippen molar-refractivity contribution in [3.05, 3.63) is 66.2 Å². The zero-order valence-corrected chi connectivity index (χ0v) is 11.6. The van der Waals surface area contributed by atoms with Gasteiger partial charge in [-0.3, -0.25) is 0 Å². The molecule has 1 unspecified atom stereocenters. The van der Waals surface area contributed by atoms with E-state index < -0.39 is 5.60 Å². The van der Waals surface area contributed by atoms with Gasteiger partial charge in [0, 0.05) is 4.90 Å². The van der Waals surface area contributed by atoms with Crippen molar-refractivity contribution in [2.24, 2.45) is 0 Å². The fourth-order valence-electron chi connectivity index (χ4n) is 2.55. The van der Waals surface area contributed by atoms with Crippen LogP contribution in [0.4, 0.5) is 0 Å². The highest BCUT2D eigenvalue weighted by molar-refractivity contribution is 7.99. The topological polar surface area (TPSA) is 20.2 Å². The van der Waals surface area contributed by atoms with Crippen LogP contribution < -0.4 is 0 Å². The molecule has 98 valence electrons. The minimum Gasteiger partial charge on any atom is -0.388 e. The van der Waals surface area contributed by atoms with Crippen LogP contribution in [0.5, 0.6) is 0 Å². The van der Waals surface area contributed by atoms with E-state index in [2.05, 4.69) is 48.5 Å². The summed E-state index contributed by atoms with van der Waals surface area (Å²) in [6, 6.07) is 20.7. The van der Waals surface area contributed by atoms with E-state index in [4.69, 9.17) is 0 Å². The maximum atomic E-state index is 10.8. The van der Waals surface area contributed by atoms with Crippen LogP contribution in [0.2, 0.25) is 0 Å². The molecule has 19 heavy (non-hydrogen) atoms. The molecule has 1 saturated carbocycles. The Morgan fingerprint density at radius 3 is 2.00 bits per heavy atom. The van der Waals surface area contributed by atoms with Crippen molar-refractivity contribution in [2.45, 2.75) is 35.0 Å². The summed E-state index contributed by atoms with van der Waals surface area (Å²) in [6.45, 7) is 0. The molecule has 2 aromatic carbocycles. The number of benzene rings is 2. The van der Waals surface area contributed by atoms with Crippen LogP contribution in [0, 0.1) is 0 Å². The Morgan fingerprint density at radius 2 is 1.47 bits per heavy atom. The molecule has 0 heterocycles. The molecule has 0 bridgehead atoms. The highest BCUT2D eigenvalue weighted by Crippen LogP contribution is 2.51. The van der Waals surface area contributed by atoms with E-state index in [1.165, 1.54) is 10.5 Å². The average Bonchev–Trinajstić information content (AvgIpc) is 2.44. The molecule has 0 aliphatic heterocycles. The van der Waals surface area contributed by atoms with E-state index in [0.717, 1.165) is 19.3 Å². The van der Waals surface area contributed by atoms with E-state index in [1.807, 2.05) is 12.1 Å². The lowest BCUT2D eigenvalue weighted by Crippen LogP contribution is -2.41. The third-order valence-corrected chi connectivity index (χ3v) is 5.30. The zero-order valence-electron chi connectivity index (χ0n) is 10.8. The van der Waals surface area contributed by atoms with Crippen molar-refractivity contribution in [1.29, 1.82) is 0 Å². The third kappa shape index (κ3) is 2.70. The van der Waals surface area contributed by atoms with Crippen LogP contribution in [0.1, 0.15) is 30.1 Å². The first-order chi connectivity index (χ1) is 9.28. The zero-order chi connectivity index (χ0) is 13.1. The second-order valence-corrected chi connectivity index (χ2v) is 6.36. The quantitative estimate of drug-likeness (QED) is 0.829. The SMILES string of the molecule is OC1(C(Sc2ccccc2)c2ccccc2)CCC1. The summed E-state index contributed by atoms with van der Waals surface area (Å²) in [5, 5.41) is 10.9. The number of hydrogen-bond acceptors (Lipinski definition) is 2. The van der Waals surface area contributed by atoms with Gasteiger partial charge < -0.3 is 5.11 Å². The summed E-state index contributed by atoms with van der Waals surface area (Å²) < 4.78 is 0. The van der Waals surface area contributed by atoms with Crippen LogP contribution in [0.3, 0.4) is 0 Å². The van der Waals surface area contributed by atoms with Crippen molar-refractivity contribution in [3.63, 3.8) is 0 Å². The fourth-order valence-corrected chi connectivity index (χ4v) is 3.89. The predicted octanol–water partition coefficient (Wildman–Crippen LogP) is 4.44. The van der Waals surface area contributed by atoms with E-state index in [1.54, 1.807) is 11.8 Å². The molecule has 0 saturated heterocycles. The summed E-state index contributed by atoms with van der Waals surface area (Å²) in [5.41, 5.74) is 0.681. The molecule has 1 aliphatic rings. The Hall–Kier alpha value is -1.25. The largest absolute Gasteiger partial charge is 0.388 e. The Bertz CT molecular complexity index is 519. The molecule has 0 amide bonds. The normalized spacial score (nSPS) is 18.6. The Balaban J connectivity index is 1.89. The average molecular weight is 270 g/mol. The third-order valence-electron chi connectivity index (χ3n) is 3.81. The number of thioether (sulfide) groups is 1. The lowest BCUT2D eigenvalue weighted by molar-refractivity contribution is -0.0350. The molecule has 2 aromatic rings. The standard InChI is InChI=1S/C17H18OS/c18-17(12-7-13-17)16(14-8-3-1-4-9-14)19-15-10-5-2-6-11-15/h1-6,8-11,16,18H,7,12-13H2. The van der Waals surface area contributed by atoms with Crippen molar-refractivity contribution in [3.8, 4) is 0 Å². The Kier molecular flexibility index (Phi) is 3.63. The van der Waals surface area contributed by atoms with Crippen LogP contribution in [0.25, 0.3) is 0 Å². The molecule has 3 rings (SSSR count). The lowest BCUT2D eigenvalue weighted by atomic mass is 9.75. The molecular formula is C17H18OS. The second kappa shape index (κ2) is 5.40. The summed E-state index contributed by atoms with van der Waals surface area (Å²) in [6.07, 6.45) is 2.95. The first-order valence-electron chi connectivity index (χ1n) is 6.77. The van der Waals surface area contributed by atoms with Crippen LogP contribution in [-0.2, 0) is 0 Å². The van der Waals surface area contributed by atoms with Gasteiger partial charge >= 0.3 is 0 Å². The van der Waals surface area contributed by atoms with E-state index in [-0.39, 0.29) is 5.25 Å². The summed E-state index contributed by atoms with van der Waals surface area (Å²) in [7, 11) is 0. The minimum atomic E-state index is -0.540. The summed E-state index contributed by atoms with van der Waals surface area (Å²) in [5.74, 6) is 0. The van der Waals surface area contributed by atoms with E-state index in [9.17, 15) is 5.11 Å². The summed E-state index contributed by atoms with van der Waals surface area (Å²) >= 11 is 1.77. The van der Waals surface area contributed by atoms with Crippen molar-refractivity contribution in [1.82, 2.24) is 0 Å². The molecule has 0 spiro atoms. The van der Waals surface area contributed by atoms with Crippen LogP contribution >= 0.6 is 11.8 Å². The van der Waals surface area contributed by atoms with Gasteiger partial charge in [-0.1, -0.05) is 48.5 Å². The molecule has 1 atom stereocenters. The molecule has 1 fully saturated rings. The predicted molar refractivity (Wildman–Crippen MR) is 80.3 cm³/mol. The fraction of sp³-hybridized carbons (Fsp3) is 0.294. The van der Waals surface area contributed by atoms with Crippen molar-refractivity contribution < 1.29 is 5.11 Å². The van der Waals surface area contributed by atoms with Gasteiger partial charge in [0.15, 0.2) is 0 Å². The first kappa shape index (κ1) is 12.8. The molecule has 0 aromatic heterocycles. The van der Waals surface area contributed by atoms with E-state index in [0.29, 0.717) is 0 Å². The lowest BCUT2D eigenvalue weighted by Gasteiger charge is -2.43. The van der Waals surface area contributed by atoms with Gasteiger partial charge in [-0.2, -0.15) is 0 Å². The maximum Gasteiger partial charge on any atom is 0.0810 e. The van der Waals surface area contributed by atoms with Gasteiger partial charge in [0.1, 0.15) is 0 Å². The van der Waals surface area contributed by atoms with Crippen LogP contribution in [0.15, 0.2) is 65.6 Å². The van der Waals surface area contributed by atoms with Crippen molar-refractivity contribution >= 4 is 11.8 Å². The molecule has 0 radical (unpaired) electrons.